The lowest BCUT2D eigenvalue weighted by atomic mass is 10.0. The van der Waals surface area contributed by atoms with Crippen molar-refractivity contribution in [1.82, 2.24) is 9.38 Å². The molecule has 4 aromatic rings. The Kier molecular flexibility index (Phi) is 4.24. The van der Waals surface area contributed by atoms with Crippen molar-refractivity contribution in [2.45, 2.75) is 38.7 Å². The first-order valence-electron chi connectivity index (χ1n) is 9.36. The summed E-state index contributed by atoms with van der Waals surface area (Å²) in [6, 6.07) is 7.06. The summed E-state index contributed by atoms with van der Waals surface area (Å²) in [6.07, 6.45) is 6.67. The van der Waals surface area contributed by atoms with Crippen molar-refractivity contribution < 1.29 is 9.15 Å². The summed E-state index contributed by atoms with van der Waals surface area (Å²) in [6.45, 7) is 0.171. The van der Waals surface area contributed by atoms with Crippen LogP contribution in [0.5, 0.6) is 5.75 Å². The Labute approximate surface area is 164 Å². The lowest BCUT2D eigenvalue weighted by Crippen LogP contribution is -2.14. The van der Waals surface area contributed by atoms with Crippen LogP contribution in [0.15, 0.2) is 49.8 Å². The molecule has 1 aliphatic rings. The van der Waals surface area contributed by atoms with E-state index in [9.17, 15) is 9.59 Å². The first-order valence-corrected chi connectivity index (χ1v) is 10.2. The minimum atomic E-state index is -0.237. The number of benzene rings is 1. The van der Waals surface area contributed by atoms with Gasteiger partial charge in [-0.1, -0.05) is 6.42 Å². The van der Waals surface area contributed by atoms with Gasteiger partial charge in [0.05, 0.1) is 5.69 Å². The minimum Gasteiger partial charge on any atom is -0.487 e. The lowest BCUT2D eigenvalue weighted by molar-refractivity contribution is 0.301. The van der Waals surface area contributed by atoms with Crippen LogP contribution in [-0.4, -0.2) is 9.38 Å². The van der Waals surface area contributed by atoms with Crippen LogP contribution in [-0.2, 0) is 19.4 Å². The first-order chi connectivity index (χ1) is 13.7. The van der Waals surface area contributed by atoms with E-state index in [1.807, 2.05) is 17.5 Å². The van der Waals surface area contributed by atoms with E-state index >= 15 is 0 Å². The molecule has 3 aromatic heterocycles. The molecular formula is C21H18N2O4S. The van der Waals surface area contributed by atoms with Crippen LogP contribution in [0.4, 0.5) is 0 Å². The molecule has 0 saturated carbocycles. The number of fused-ring (bicyclic) bond motifs is 4. The standard InChI is InChI=1S/C21H18N2O4S/c24-19-10-13(22-21-23(19)8-9-28-21)12-26-14-6-7-16-15-4-2-1-3-5-17(15)20(25)27-18(16)11-14/h6-11H,1-5,12H2. The largest absolute Gasteiger partial charge is 0.487 e. The molecule has 0 atom stereocenters. The van der Waals surface area contributed by atoms with Gasteiger partial charge in [0.2, 0.25) is 0 Å². The molecule has 0 amide bonds. The van der Waals surface area contributed by atoms with Crippen LogP contribution < -0.4 is 15.9 Å². The Morgan fingerprint density at radius 1 is 1.11 bits per heavy atom. The maximum Gasteiger partial charge on any atom is 0.339 e. The van der Waals surface area contributed by atoms with Crippen molar-refractivity contribution in [1.29, 1.82) is 0 Å². The molecule has 0 radical (unpaired) electrons. The van der Waals surface area contributed by atoms with Gasteiger partial charge in [0.15, 0.2) is 4.96 Å². The molecule has 0 bridgehead atoms. The molecule has 28 heavy (non-hydrogen) atoms. The van der Waals surface area contributed by atoms with Crippen molar-refractivity contribution >= 4 is 27.3 Å². The molecule has 0 N–H and O–H groups in total. The van der Waals surface area contributed by atoms with E-state index in [0.29, 0.717) is 22.0 Å². The predicted molar refractivity (Wildman–Crippen MR) is 107 cm³/mol. The van der Waals surface area contributed by atoms with Gasteiger partial charge >= 0.3 is 5.63 Å². The maximum atomic E-state index is 12.4. The molecule has 5 rings (SSSR count). The topological polar surface area (TPSA) is 73.8 Å². The smallest absolute Gasteiger partial charge is 0.339 e. The summed E-state index contributed by atoms with van der Waals surface area (Å²) in [7, 11) is 0. The van der Waals surface area contributed by atoms with Gasteiger partial charge in [-0.2, -0.15) is 0 Å². The van der Waals surface area contributed by atoms with Crippen molar-refractivity contribution in [2.24, 2.45) is 0 Å². The van der Waals surface area contributed by atoms with E-state index in [0.717, 1.165) is 48.6 Å². The number of ether oxygens (including phenoxy) is 1. The van der Waals surface area contributed by atoms with E-state index in [2.05, 4.69) is 4.98 Å². The highest BCUT2D eigenvalue weighted by atomic mass is 32.1. The normalized spacial score (nSPS) is 14.1. The molecule has 1 aliphatic carbocycles. The Bertz CT molecular complexity index is 1300. The van der Waals surface area contributed by atoms with Crippen LogP contribution in [0.25, 0.3) is 15.9 Å². The maximum absolute atomic E-state index is 12.4. The van der Waals surface area contributed by atoms with Crippen LogP contribution in [0.2, 0.25) is 0 Å². The zero-order valence-corrected chi connectivity index (χ0v) is 16.0. The zero-order chi connectivity index (χ0) is 19.1. The summed E-state index contributed by atoms with van der Waals surface area (Å²) in [5.41, 5.74) is 2.69. The number of thiazole rings is 1. The Hall–Kier alpha value is -2.93. The Balaban J connectivity index is 1.46. The average molecular weight is 394 g/mol. The van der Waals surface area contributed by atoms with E-state index in [-0.39, 0.29) is 17.8 Å². The average Bonchev–Trinajstić information content (AvgIpc) is 3.02. The quantitative estimate of drug-likeness (QED) is 0.391. The molecule has 0 aliphatic heterocycles. The van der Waals surface area contributed by atoms with Crippen LogP contribution in [0.1, 0.15) is 36.1 Å². The molecular weight excluding hydrogens is 376 g/mol. The van der Waals surface area contributed by atoms with Crippen molar-refractivity contribution in [2.75, 3.05) is 0 Å². The molecule has 142 valence electrons. The molecule has 0 saturated heterocycles. The Morgan fingerprint density at radius 3 is 2.86 bits per heavy atom. The van der Waals surface area contributed by atoms with E-state index in [4.69, 9.17) is 9.15 Å². The fraction of sp³-hybridized carbons (Fsp3) is 0.286. The lowest BCUT2D eigenvalue weighted by Gasteiger charge is -2.10. The number of rotatable bonds is 3. The molecule has 0 fully saturated rings. The summed E-state index contributed by atoms with van der Waals surface area (Å²) in [5, 5.41) is 2.81. The molecule has 7 heteroatoms. The van der Waals surface area contributed by atoms with E-state index < -0.39 is 0 Å². The van der Waals surface area contributed by atoms with Crippen LogP contribution in [0, 0.1) is 0 Å². The number of hydrogen-bond acceptors (Lipinski definition) is 6. The fourth-order valence-corrected chi connectivity index (χ4v) is 4.55. The molecule has 6 nitrogen and oxygen atoms in total. The van der Waals surface area contributed by atoms with Crippen molar-refractivity contribution in [3.05, 3.63) is 73.4 Å². The summed E-state index contributed by atoms with van der Waals surface area (Å²) in [4.78, 5) is 29.6. The van der Waals surface area contributed by atoms with Gasteiger partial charge in [-0.3, -0.25) is 9.20 Å². The third-order valence-corrected chi connectivity index (χ3v) is 5.94. The second kappa shape index (κ2) is 6.91. The van der Waals surface area contributed by atoms with Gasteiger partial charge < -0.3 is 9.15 Å². The van der Waals surface area contributed by atoms with Crippen LogP contribution >= 0.6 is 11.3 Å². The number of hydrogen-bond donors (Lipinski definition) is 0. The van der Waals surface area contributed by atoms with Crippen molar-refractivity contribution in [3.63, 3.8) is 0 Å². The highest BCUT2D eigenvalue weighted by molar-refractivity contribution is 7.15. The van der Waals surface area contributed by atoms with Crippen molar-refractivity contribution in [3.8, 4) is 5.75 Å². The van der Waals surface area contributed by atoms with Gasteiger partial charge in [0.1, 0.15) is 17.9 Å². The fourth-order valence-electron chi connectivity index (χ4n) is 3.81. The second-order valence-electron chi connectivity index (χ2n) is 7.00. The number of aromatic nitrogens is 2. The third-order valence-electron chi connectivity index (χ3n) is 5.19. The number of aryl methyl sites for hydroxylation is 1. The molecule has 0 spiro atoms. The van der Waals surface area contributed by atoms with Gasteiger partial charge in [-0.05, 0) is 43.4 Å². The molecule has 3 heterocycles. The summed E-state index contributed by atoms with van der Waals surface area (Å²) < 4.78 is 12.9. The summed E-state index contributed by atoms with van der Waals surface area (Å²) >= 11 is 1.40. The van der Waals surface area contributed by atoms with Crippen LogP contribution in [0.3, 0.4) is 0 Å². The molecule has 1 aromatic carbocycles. The summed E-state index contributed by atoms with van der Waals surface area (Å²) in [5.74, 6) is 0.581. The predicted octanol–water partition coefficient (Wildman–Crippen LogP) is 3.71. The third kappa shape index (κ3) is 3.01. The Morgan fingerprint density at radius 2 is 1.96 bits per heavy atom. The zero-order valence-electron chi connectivity index (χ0n) is 15.1. The van der Waals surface area contributed by atoms with Gasteiger partial charge in [0.25, 0.3) is 5.56 Å². The first kappa shape index (κ1) is 17.2. The monoisotopic (exact) mass is 394 g/mol. The van der Waals surface area contributed by atoms with Gasteiger partial charge in [-0.15, -0.1) is 11.3 Å². The second-order valence-corrected chi connectivity index (χ2v) is 7.87. The van der Waals surface area contributed by atoms with Gasteiger partial charge in [-0.25, -0.2) is 9.78 Å². The molecule has 0 unspecified atom stereocenters. The highest BCUT2D eigenvalue weighted by Crippen LogP contribution is 2.28. The SMILES string of the molecule is O=c1oc2cc(OCc3cc(=O)n4ccsc4n3)ccc2c2c1CCCCC2. The highest BCUT2D eigenvalue weighted by Gasteiger charge is 2.17. The van der Waals surface area contributed by atoms with E-state index in [1.165, 1.54) is 21.8 Å². The van der Waals surface area contributed by atoms with Gasteiger partial charge in [0, 0.05) is 34.7 Å². The number of nitrogens with zero attached hydrogens (tertiary/aromatic N) is 2. The minimum absolute atomic E-state index is 0.128. The van der Waals surface area contributed by atoms with E-state index in [1.54, 1.807) is 12.3 Å².